The predicted molar refractivity (Wildman–Crippen MR) is 76.3 cm³/mol. The van der Waals surface area contributed by atoms with E-state index in [1.165, 1.54) is 10.9 Å². The lowest BCUT2D eigenvalue weighted by molar-refractivity contribution is 0.102. The number of nitrogens with zero attached hydrogens (tertiary/aromatic N) is 3. The van der Waals surface area contributed by atoms with Gasteiger partial charge in [0.1, 0.15) is 0 Å². The number of benzene rings is 1. The molecule has 1 heterocycles. The van der Waals surface area contributed by atoms with Crippen LogP contribution in [-0.4, -0.2) is 29.8 Å². The third-order valence-corrected chi connectivity index (χ3v) is 2.82. The average Bonchev–Trinajstić information content (AvgIpc) is 2.70. The minimum atomic E-state index is -0.209. The van der Waals surface area contributed by atoms with Gasteiger partial charge in [-0.05, 0) is 18.2 Å². The van der Waals surface area contributed by atoms with Crippen LogP contribution in [0.25, 0.3) is 0 Å². The van der Waals surface area contributed by atoms with Crippen molar-refractivity contribution in [1.29, 1.82) is 0 Å². The van der Waals surface area contributed by atoms with Gasteiger partial charge in [-0.3, -0.25) is 9.48 Å². The fourth-order valence-corrected chi connectivity index (χ4v) is 1.71. The lowest BCUT2D eigenvalue weighted by atomic mass is 10.2. The van der Waals surface area contributed by atoms with Gasteiger partial charge in [0, 0.05) is 32.4 Å². The zero-order chi connectivity index (χ0) is 14.0. The summed E-state index contributed by atoms with van der Waals surface area (Å²) < 4.78 is 1.53. The van der Waals surface area contributed by atoms with Crippen LogP contribution in [0.5, 0.6) is 0 Å². The first-order chi connectivity index (χ1) is 8.99. The standard InChI is InChI=1S/C13H17N5O/c1-17(2)10-6-4-5-9(7-10)13(19)16-12-11(14)8-15-18(12)3/h4-8H,14H2,1-3H3,(H,16,19). The molecule has 6 nitrogen and oxygen atoms in total. The van der Waals surface area contributed by atoms with Crippen molar-refractivity contribution in [1.82, 2.24) is 9.78 Å². The number of aryl methyl sites for hydroxylation is 1. The molecule has 0 radical (unpaired) electrons. The highest BCUT2D eigenvalue weighted by molar-refractivity contribution is 6.05. The first-order valence-electron chi connectivity index (χ1n) is 5.85. The van der Waals surface area contributed by atoms with Crippen LogP contribution < -0.4 is 16.0 Å². The Morgan fingerprint density at radius 3 is 2.74 bits per heavy atom. The van der Waals surface area contributed by atoms with Crippen LogP contribution in [-0.2, 0) is 7.05 Å². The van der Waals surface area contributed by atoms with Crippen LogP contribution in [0.1, 0.15) is 10.4 Å². The number of hydrogen-bond donors (Lipinski definition) is 2. The van der Waals surface area contributed by atoms with Gasteiger partial charge in [-0.25, -0.2) is 0 Å². The molecular formula is C13H17N5O. The minimum absolute atomic E-state index is 0.209. The van der Waals surface area contributed by atoms with E-state index >= 15 is 0 Å². The predicted octanol–water partition coefficient (Wildman–Crippen LogP) is 1.32. The molecule has 0 aliphatic rings. The maximum absolute atomic E-state index is 12.2. The number of anilines is 3. The molecule has 2 rings (SSSR count). The Labute approximate surface area is 111 Å². The van der Waals surface area contributed by atoms with E-state index in [0.29, 0.717) is 17.1 Å². The van der Waals surface area contributed by atoms with Gasteiger partial charge in [0.05, 0.1) is 11.9 Å². The molecule has 0 unspecified atom stereocenters. The first-order valence-corrected chi connectivity index (χ1v) is 5.85. The summed E-state index contributed by atoms with van der Waals surface area (Å²) in [4.78, 5) is 14.1. The molecule has 0 atom stereocenters. The molecule has 19 heavy (non-hydrogen) atoms. The van der Waals surface area contributed by atoms with E-state index in [0.717, 1.165) is 5.69 Å². The number of nitrogens with two attached hydrogens (primary N) is 1. The van der Waals surface area contributed by atoms with Crippen molar-refractivity contribution < 1.29 is 4.79 Å². The Balaban J connectivity index is 2.23. The summed E-state index contributed by atoms with van der Waals surface area (Å²) >= 11 is 0. The maximum atomic E-state index is 12.2. The number of aromatic nitrogens is 2. The Hall–Kier alpha value is -2.50. The highest BCUT2D eigenvalue weighted by atomic mass is 16.1. The molecule has 100 valence electrons. The molecule has 0 aliphatic carbocycles. The number of rotatable bonds is 3. The molecule has 1 aromatic carbocycles. The smallest absolute Gasteiger partial charge is 0.256 e. The van der Waals surface area contributed by atoms with Crippen molar-refractivity contribution in [3.05, 3.63) is 36.0 Å². The number of hydrogen-bond acceptors (Lipinski definition) is 4. The monoisotopic (exact) mass is 259 g/mol. The molecule has 1 aromatic heterocycles. The normalized spacial score (nSPS) is 10.3. The summed E-state index contributed by atoms with van der Waals surface area (Å²) in [5.41, 5.74) is 7.72. The summed E-state index contributed by atoms with van der Waals surface area (Å²) in [5.74, 6) is 0.291. The molecular weight excluding hydrogens is 242 g/mol. The molecule has 3 N–H and O–H groups in total. The van der Waals surface area contributed by atoms with Crippen molar-refractivity contribution in [2.75, 3.05) is 30.0 Å². The lowest BCUT2D eigenvalue weighted by Gasteiger charge is -2.13. The molecule has 0 saturated carbocycles. The third kappa shape index (κ3) is 2.67. The fourth-order valence-electron chi connectivity index (χ4n) is 1.71. The average molecular weight is 259 g/mol. The van der Waals surface area contributed by atoms with Crippen LogP contribution >= 0.6 is 0 Å². The maximum Gasteiger partial charge on any atom is 0.256 e. The van der Waals surface area contributed by atoms with E-state index in [1.807, 2.05) is 37.2 Å². The quantitative estimate of drug-likeness (QED) is 0.871. The van der Waals surface area contributed by atoms with Crippen LogP contribution in [0.15, 0.2) is 30.5 Å². The molecule has 0 fully saturated rings. The molecule has 0 bridgehead atoms. The highest BCUT2D eigenvalue weighted by Crippen LogP contribution is 2.18. The Morgan fingerprint density at radius 2 is 2.16 bits per heavy atom. The van der Waals surface area contributed by atoms with E-state index in [-0.39, 0.29) is 5.91 Å². The minimum Gasteiger partial charge on any atom is -0.394 e. The summed E-state index contributed by atoms with van der Waals surface area (Å²) in [7, 11) is 5.58. The molecule has 0 saturated heterocycles. The first kappa shape index (κ1) is 12.9. The third-order valence-electron chi connectivity index (χ3n) is 2.82. The fraction of sp³-hybridized carbons (Fsp3) is 0.231. The lowest BCUT2D eigenvalue weighted by Crippen LogP contribution is -2.16. The van der Waals surface area contributed by atoms with Crippen molar-refractivity contribution in [3.63, 3.8) is 0 Å². The van der Waals surface area contributed by atoms with Gasteiger partial charge >= 0.3 is 0 Å². The Bertz CT molecular complexity index is 583. The van der Waals surface area contributed by atoms with E-state index in [9.17, 15) is 4.79 Å². The Morgan fingerprint density at radius 1 is 1.42 bits per heavy atom. The van der Waals surface area contributed by atoms with Gasteiger partial charge in [-0.15, -0.1) is 0 Å². The number of nitrogens with one attached hydrogen (secondary N) is 1. The second-order valence-corrected chi connectivity index (χ2v) is 4.47. The highest BCUT2D eigenvalue weighted by Gasteiger charge is 2.12. The zero-order valence-corrected chi connectivity index (χ0v) is 11.2. The summed E-state index contributed by atoms with van der Waals surface area (Å²) in [6.07, 6.45) is 1.51. The molecule has 0 aliphatic heterocycles. The summed E-state index contributed by atoms with van der Waals surface area (Å²) in [6, 6.07) is 7.36. The second kappa shape index (κ2) is 5.01. The number of carbonyl (C=O) groups is 1. The SMILES string of the molecule is CN(C)c1cccc(C(=O)Nc2c(N)cnn2C)c1. The van der Waals surface area contributed by atoms with E-state index in [1.54, 1.807) is 13.1 Å². The summed E-state index contributed by atoms with van der Waals surface area (Å²) in [5, 5.41) is 6.74. The van der Waals surface area contributed by atoms with Gasteiger partial charge in [0.2, 0.25) is 0 Å². The summed E-state index contributed by atoms with van der Waals surface area (Å²) in [6.45, 7) is 0. The van der Waals surface area contributed by atoms with Crippen LogP contribution in [0.3, 0.4) is 0 Å². The van der Waals surface area contributed by atoms with E-state index in [4.69, 9.17) is 5.73 Å². The van der Waals surface area contributed by atoms with Crippen LogP contribution in [0, 0.1) is 0 Å². The number of nitrogen functional groups attached to an aromatic ring is 1. The second-order valence-electron chi connectivity index (χ2n) is 4.47. The van der Waals surface area contributed by atoms with Gasteiger partial charge in [0.25, 0.3) is 5.91 Å². The van der Waals surface area contributed by atoms with E-state index in [2.05, 4.69) is 10.4 Å². The van der Waals surface area contributed by atoms with Gasteiger partial charge in [-0.1, -0.05) is 6.07 Å². The van der Waals surface area contributed by atoms with Gasteiger partial charge in [0.15, 0.2) is 5.82 Å². The largest absolute Gasteiger partial charge is 0.394 e. The van der Waals surface area contributed by atoms with E-state index < -0.39 is 0 Å². The topological polar surface area (TPSA) is 76.2 Å². The zero-order valence-electron chi connectivity index (χ0n) is 11.2. The molecule has 0 spiro atoms. The van der Waals surface area contributed by atoms with Crippen molar-refractivity contribution in [2.24, 2.45) is 7.05 Å². The molecule has 1 amide bonds. The number of amides is 1. The van der Waals surface area contributed by atoms with Crippen LogP contribution in [0.4, 0.5) is 17.2 Å². The molecule has 6 heteroatoms. The number of carbonyl (C=O) groups excluding carboxylic acids is 1. The molecule has 2 aromatic rings. The Kier molecular flexibility index (Phi) is 3.41. The van der Waals surface area contributed by atoms with Crippen molar-refractivity contribution in [2.45, 2.75) is 0 Å². The van der Waals surface area contributed by atoms with Crippen molar-refractivity contribution in [3.8, 4) is 0 Å². The van der Waals surface area contributed by atoms with Gasteiger partial charge in [-0.2, -0.15) is 5.10 Å². The van der Waals surface area contributed by atoms with Gasteiger partial charge < -0.3 is 16.0 Å². The van der Waals surface area contributed by atoms with Crippen molar-refractivity contribution >= 4 is 23.1 Å². The van der Waals surface area contributed by atoms with Crippen LogP contribution in [0.2, 0.25) is 0 Å².